The number of rotatable bonds is 7. The highest BCUT2D eigenvalue weighted by molar-refractivity contribution is 5.98. The Morgan fingerprint density at radius 1 is 0.492 bits per heavy atom. The first-order valence-corrected chi connectivity index (χ1v) is 20.9. The number of aromatic nitrogens is 3. The van der Waals surface area contributed by atoms with Crippen molar-refractivity contribution in [3.05, 3.63) is 193 Å². The second-order valence-electron chi connectivity index (χ2n) is 17.9. The van der Waals surface area contributed by atoms with Gasteiger partial charge in [0.05, 0.1) is 28.0 Å². The molecule has 9 rings (SSSR count). The van der Waals surface area contributed by atoms with Gasteiger partial charge in [-0.1, -0.05) is 157 Å². The fourth-order valence-electron chi connectivity index (χ4n) is 8.19. The Bertz CT molecular complexity index is 3160. The summed E-state index contributed by atoms with van der Waals surface area (Å²) < 4.78 is 28.7. The van der Waals surface area contributed by atoms with Crippen molar-refractivity contribution in [1.82, 2.24) is 14.5 Å². The Kier molecular flexibility index (Phi) is 9.13. The lowest BCUT2D eigenvalue weighted by molar-refractivity contribution is 0.477. The molecule has 9 aromatic rings. The number of fused-ring (bicyclic) bond motifs is 1. The lowest BCUT2D eigenvalue weighted by Gasteiger charge is -2.22. The predicted molar refractivity (Wildman–Crippen MR) is 255 cm³/mol. The van der Waals surface area contributed by atoms with Crippen LogP contribution in [0.1, 0.15) is 62.3 Å². The lowest BCUT2D eigenvalue weighted by atomic mass is 9.83. The van der Waals surface area contributed by atoms with Crippen LogP contribution in [0.25, 0.3) is 83.9 Å². The number of aryl methyl sites for hydroxylation is 1. The Labute approximate surface area is 364 Å². The van der Waals surface area contributed by atoms with Crippen molar-refractivity contribution >= 4 is 11.0 Å². The summed E-state index contributed by atoms with van der Waals surface area (Å²) in [6, 6.07) is 56.6. The molecule has 0 atom stereocenters. The Balaban J connectivity index is 1.35. The van der Waals surface area contributed by atoms with E-state index in [1.165, 1.54) is 5.56 Å². The van der Waals surface area contributed by atoms with Gasteiger partial charge in [0.1, 0.15) is 11.6 Å². The molecule has 0 radical (unpaired) electrons. The molecule has 2 heterocycles. The molecule has 0 saturated carbocycles. The summed E-state index contributed by atoms with van der Waals surface area (Å²) in [6.45, 7) is 10.8. The standard InChI is InChI=1S/C57H51N3O/c1-37-31-52(49(36-48(37)39-19-12-9-13-20-39)40-25-27-44(28-26-40)56(2,3)4)60-51-23-16-22-46(54(51)59-55(60)47-21-14-15-24-53(47)61)42-32-43(34-45(33-42)57(5,6)7)50-35-41(29-30-58-50)38-17-10-8-11-18-38/h8-36,61H,1-7H3/i1D3. The van der Waals surface area contributed by atoms with Crippen molar-refractivity contribution in [2.24, 2.45) is 0 Å². The normalized spacial score (nSPS) is 12.9. The number of phenols is 1. The van der Waals surface area contributed by atoms with Crippen LogP contribution in [0.4, 0.5) is 0 Å². The highest BCUT2D eigenvalue weighted by Crippen LogP contribution is 2.43. The SMILES string of the molecule is [2H]C([2H])([2H])c1cc(-n2c(-c3ccccc3O)nc3c(-c4cc(-c5cc(-c6ccccc6)ccn5)cc(C(C)(C)C)c4)cccc32)c(-c2ccc(C(C)(C)C)cc2)cc1-c1ccccc1. The van der Waals surface area contributed by atoms with Crippen molar-refractivity contribution < 1.29 is 9.22 Å². The van der Waals surface area contributed by atoms with Crippen molar-refractivity contribution in [1.29, 1.82) is 0 Å². The van der Waals surface area contributed by atoms with E-state index in [4.69, 9.17) is 14.1 Å². The van der Waals surface area contributed by atoms with E-state index in [1.54, 1.807) is 12.1 Å². The molecule has 0 aliphatic carbocycles. The van der Waals surface area contributed by atoms with Gasteiger partial charge in [-0.05, 0) is 122 Å². The van der Waals surface area contributed by atoms with Gasteiger partial charge >= 0.3 is 0 Å². The largest absolute Gasteiger partial charge is 0.507 e. The fourth-order valence-corrected chi connectivity index (χ4v) is 8.19. The van der Waals surface area contributed by atoms with Crippen molar-refractivity contribution in [2.45, 2.75) is 59.2 Å². The smallest absolute Gasteiger partial charge is 0.149 e. The summed E-state index contributed by atoms with van der Waals surface area (Å²) in [5, 5.41) is 11.6. The molecule has 0 aliphatic heterocycles. The molecule has 0 bridgehead atoms. The molecule has 0 amide bonds. The molecule has 300 valence electrons. The highest BCUT2D eigenvalue weighted by atomic mass is 16.3. The first kappa shape index (κ1) is 35.9. The quantitative estimate of drug-likeness (QED) is 0.175. The molecular formula is C57H51N3O. The molecule has 1 N–H and O–H groups in total. The average molecular weight is 797 g/mol. The fraction of sp³-hybridized carbons (Fsp3) is 0.158. The van der Waals surface area contributed by atoms with E-state index in [9.17, 15) is 5.11 Å². The third-order valence-corrected chi connectivity index (χ3v) is 11.6. The first-order chi connectivity index (χ1) is 30.5. The van der Waals surface area contributed by atoms with Crippen LogP contribution in [0, 0.1) is 6.85 Å². The third kappa shape index (κ3) is 7.66. The maximum absolute atomic E-state index is 11.6. The molecule has 0 saturated heterocycles. The van der Waals surface area contributed by atoms with Gasteiger partial charge in [0, 0.05) is 27.0 Å². The Hall–Kier alpha value is -7.04. The van der Waals surface area contributed by atoms with Crippen LogP contribution in [0.15, 0.2) is 176 Å². The average Bonchev–Trinajstić information content (AvgIpc) is 3.68. The van der Waals surface area contributed by atoms with Gasteiger partial charge < -0.3 is 5.11 Å². The van der Waals surface area contributed by atoms with E-state index in [0.29, 0.717) is 28.2 Å². The van der Waals surface area contributed by atoms with Crippen LogP contribution in [0.3, 0.4) is 0 Å². The number of para-hydroxylation sites is 2. The van der Waals surface area contributed by atoms with Crippen LogP contribution in [0.5, 0.6) is 5.75 Å². The van der Waals surface area contributed by atoms with Gasteiger partial charge in [0.25, 0.3) is 0 Å². The Morgan fingerprint density at radius 3 is 1.82 bits per heavy atom. The summed E-state index contributed by atoms with van der Waals surface area (Å²) in [5.74, 6) is 0.552. The van der Waals surface area contributed by atoms with Gasteiger partial charge in [-0.2, -0.15) is 0 Å². The first-order valence-electron chi connectivity index (χ1n) is 22.4. The molecule has 0 unspecified atom stereocenters. The van der Waals surface area contributed by atoms with E-state index in [0.717, 1.165) is 61.3 Å². The zero-order valence-corrected chi connectivity index (χ0v) is 35.5. The van der Waals surface area contributed by atoms with E-state index in [-0.39, 0.29) is 22.1 Å². The topological polar surface area (TPSA) is 50.9 Å². The molecule has 2 aromatic heterocycles. The van der Waals surface area contributed by atoms with Gasteiger partial charge in [0.15, 0.2) is 0 Å². The maximum Gasteiger partial charge on any atom is 0.149 e. The van der Waals surface area contributed by atoms with Crippen LogP contribution in [-0.4, -0.2) is 19.6 Å². The second kappa shape index (κ2) is 15.5. The van der Waals surface area contributed by atoms with E-state index < -0.39 is 6.85 Å². The second-order valence-corrected chi connectivity index (χ2v) is 17.9. The maximum atomic E-state index is 11.6. The van der Waals surface area contributed by atoms with Crippen LogP contribution in [-0.2, 0) is 10.8 Å². The third-order valence-electron chi connectivity index (χ3n) is 11.6. The molecule has 61 heavy (non-hydrogen) atoms. The summed E-state index contributed by atoms with van der Waals surface area (Å²) >= 11 is 0. The molecule has 0 fully saturated rings. The minimum absolute atomic E-state index is 0.0648. The van der Waals surface area contributed by atoms with Crippen molar-refractivity contribution in [3.63, 3.8) is 0 Å². The molecule has 0 aliphatic rings. The summed E-state index contributed by atoms with van der Waals surface area (Å²) in [6.07, 6.45) is 1.87. The van der Waals surface area contributed by atoms with E-state index in [1.807, 2.05) is 102 Å². The van der Waals surface area contributed by atoms with Gasteiger partial charge in [0.2, 0.25) is 0 Å². The van der Waals surface area contributed by atoms with Gasteiger partial charge in [-0.3, -0.25) is 9.55 Å². The molecule has 4 heteroatoms. The minimum atomic E-state index is -2.46. The number of benzene rings is 7. The van der Waals surface area contributed by atoms with E-state index in [2.05, 4.69) is 108 Å². The number of nitrogens with zero attached hydrogens (tertiary/aromatic N) is 3. The Morgan fingerprint density at radius 2 is 1.13 bits per heavy atom. The van der Waals surface area contributed by atoms with E-state index >= 15 is 0 Å². The zero-order valence-electron chi connectivity index (χ0n) is 38.5. The monoisotopic (exact) mass is 796 g/mol. The molecule has 4 nitrogen and oxygen atoms in total. The molecule has 7 aromatic carbocycles. The lowest BCUT2D eigenvalue weighted by Crippen LogP contribution is -2.11. The van der Waals surface area contributed by atoms with Crippen molar-refractivity contribution in [3.8, 4) is 78.6 Å². The van der Waals surface area contributed by atoms with Crippen molar-refractivity contribution in [2.75, 3.05) is 0 Å². The molecule has 0 spiro atoms. The minimum Gasteiger partial charge on any atom is -0.507 e. The summed E-state index contributed by atoms with van der Waals surface area (Å²) in [7, 11) is 0. The van der Waals surface area contributed by atoms with Gasteiger partial charge in [-0.25, -0.2) is 4.98 Å². The summed E-state index contributed by atoms with van der Waals surface area (Å²) in [4.78, 5) is 10.3. The predicted octanol–water partition coefficient (Wildman–Crippen LogP) is 15.0. The van der Waals surface area contributed by atoms with Gasteiger partial charge in [-0.15, -0.1) is 0 Å². The number of imidazole rings is 1. The number of pyridine rings is 1. The van der Waals surface area contributed by atoms with Crippen LogP contribution in [0.2, 0.25) is 0 Å². The van der Waals surface area contributed by atoms with Crippen LogP contribution >= 0.6 is 0 Å². The summed E-state index contributed by atoms with van der Waals surface area (Å²) in [5.41, 5.74) is 14.0. The number of phenolic OH excluding ortho intramolecular Hbond substituents is 1. The number of aromatic hydroxyl groups is 1. The number of hydrogen-bond donors (Lipinski definition) is 1. The highest BCUT2D eigenvalue weighted by Gasteiger charge is 2.25. The molecular weight excluding hydrogens is 743 g/mol. The zero-order chi connectivity index (χ0) is 45.0. The number of hydrogen-bond acceptors (Lipinski definition) is 3. The van der Waals surface area contributed by atoms with Crippen LogP contribution < -0.4 is 0 Å².